The highest BCUT2D eigenvalue weighted by atomic mass is 16.5. The first-order valence-corrected chi connectivity index (χ1v) is 11.2. The summed E-state index contributed by atoms with van der Waals surface area (Å²) in [7, 11) is 0. The van der Waals surface area contributed by atoms with Crippen LogP contribution in [0.1, 0.15) is 36.3 Å². The molecule has 0 atom stereocenters. The minimum atomic E-state index is -0.499. The van der Waals surface area contributed by atoms with Gasteiger partial charge in [-0.3, -0.25) is 9.59 Å². The SMILES string of the molecule is Cc1ccc(-c2nnc(CCC(=O)OCC(=O)Nc3ccc(N4CCCC4)cc3C)o2)cc1. The van der Waals surface area contributed by atoms with Crippen molar-refractivity contribution in [1.82, 2.24) is 10.2 Å². The molecule has 172 valence electrons. The van der Waals surface area contributed by atoms with Gasteiger partial charge in [-0.25, -0.2) is 0 Å². The van der Waals surface area contributed by atoms with Crippen LogP contribution in [-0.2, 0) is 20.7 Å². The van der Waals surface area contributed by atoms with Crippen molar-refractivity contribution in [3.05, 3.63) is 59.5 Å². The van der Waals surface area contributed by atoms with Crippen molar-refractivity contribution in [2.24, 2.45) is 0 Å². The van der Waals surface area contributed by atoms with Crippen LogP contribution in [0.3, 0.4) is 0 Å². The lowest BCUT2D eigenvalue weighted by atomic mass is 10.1. The van der Waals surface area contributed by atoms with Gasteiger partial charge in [-0.15, -0.1) is 10.2 Å². The number of rotatable bonds is 8. The van der Waals surface area contributed by atoms with Crippen LogP contribution in [0.15, 0.2) is 46.9 Å². The summed E-state index contributed by atoms with van der Waals surface area (Å²) in [5.74, 6) is -0.120. The summed E-state index contributed by atoms with van der Waals surface area (Å²) in [5, 5.41) is 10.8. The van der Waals surface area contributed by atoms with E-state index in [9.17, 15) is 9.59 Å². The Morgan fingerprint density at radius 2 is 1.82 bits per heavy atom. The van der Waals surface area contributed by atoms with Crippen LogP contribution in [0.5, 0.6) is 0 Å². The summed E-state index contributed by atoms with van der Waals surface area (Å²) in [6.45, 7) is 5.75. The maximum Gasteiger partial charge on any atom is 0.306 e. The molecule has 1 aromatic heterocycles. The number of anilines is 2. The molecule has 0 unspecified atom stereocenters. The van der Waals surface area contributed by atoms with Crippen LogP contribution in [-0.4, -0.2) is 41.8 Å². The van der Waals surface area contributed by atoms with E-state index in [2.05, 4.69) is 26.5 Å². The fourth-order valence-corrected chi connectivity index (χ4v) is 3.74. The summed E-state index contributed by atoms with van der Waals surface area (Å²) < 4.78 is 10.7. The number of nitrogens with one attached hydrogen (secondary N) is 1. The molecule has 1 aliphatic rings. The molecule has 2 heterocycles. The maximum atomic E-state index is 12.2. The summed E-state index contributed by atoms with van der Waals surface area (Å²) in [5.41, 5.74) is 4.82. The summed E-state index contributed by atoms with van der Waals surface area (Å²) in [4.78, 5) is 26.6. The minimum Gasteiger partial charge on any atom is -0.456 e. The van der Waals surface area contributed by atoms with E-state index in [4.69, 9.17) is 9.15 Å². The van der Waals surface area contributed by atoms with Crippen LogP contribution in [0, 0.1) is 13.8 Å². The van der Waals surface area contributed by atoms with Crippen molar-refractivity contribution in [1.29, 1.82) is 0 Å². The number of aromatic nitrogens is 2. The van der Waals surface area contributed by atoms with Crippen molar-refractivity contribution < 1.29 is 18.7 Å². The predicted octanol–water partition coefficient (Wildman–Crippen LogP) is 4.07. The molecule has 0 saturated carbocycles. The van der Waals surface area contributed by atoms with Gasteiger partial charge in [0.1, 0.15) is 0 Å². The molecule has 1 amide bonds. The highest BCUT2D eigenvalue weighted by molar-refractivity contribution is 5.93. The van der Waals surface area contributed by atoms with Crippen LogP contribution in [0.2, 0.25) is 0 Å². The van der Waals surface area contributed by atoms with Crippen molar-refractivity contribution in [3.63, 3.8) is 0 Å². The van der Waals surface area contributed by atoms with E-state index < -0.39 is 5.97 Å². The average Bonchev–Trinajstić information content (AvgIpc) is 3.51. The van der Waals surface area contributed by atoms with Crippen molar-refractivity contribution >= 4 is 23.3 Å². The Kier molecular flexibility index (Phi) is 7.02. The van der Waals surface area contributed by atoms with Crippen molar-refractivity contribution in [2.75, 3.05) is 29.9 Å². The number of esters is 1. The van der Waals surface area contributed by atoms with Gasteiger partial charge in [0.25, 0.3) is 5.91 Å². The molecule has 1 aliphatic heterocycles. The first kappa shape index (κ1) is 22.5. The lowest BCUT2D eigenvalue weighted by molar-refractivity contribution is -0.147. The number of benzene rings is 2. The van der Waals surface area contributed by atoms with Gasteiger partial charge in [-0.1, -0.05) is 17.7 Å². The van der Waals surface area contributed by atoms with Crippen LogP contribution in [0.4, 0.5) is 11.4 Å². The first-order chi connectivity index (χ1) is 16.0. The lowest BCUT2D eigenvalue weighted by Crippen LogP contribution is -2.22. The molecule has 4 rings (SSSR count). The molecule has 8 nitrogen and oxygen atoms in total. The van der Waals surface area contributed by atoms with Gasteiger partial charge in [0.2, 0.25) is 11.8 Å². The molecule has 0 radical (unpaired) electrons. The minimum absolute atomic E-state index is 0.0480. The average molecular weight is 449 g/mol. The van der Waals surface area contributed by atoms with E-state index in [1.807, 2.05) is 50.2 Å². The molecule has 0 aliphatic carbocycles. The second-order valence-electron chi connectivity index (χ2n) is 8.27. The molecule has 8 heteroatoms. The van der Waals surface area contributed by atoms with Gasteiger partial charge in [-0.05, 0) is 62.6 Å². The number of ether oxygens (including phenoxy) is 1. The molecular formula is C25H28N4O4. The number of hydrogen-bond acceptors (Lipinski definition) is 7. The number of hydrogen-bond donors (Lipinski definition) is 1. The van der Waals surface area contributed by atoms with Gasteiger partial charge in [0, 0.05) is 36.4 Å². The zero-order valence-corrected chi connectivity index (χ0v) is 19.0. The highest BCUT2D eigenvalue weighted by Gasteiger charge is 2.15. The van der Waals surface area contributed by atoms with E-state index in [1.54, 1.807) is 0 Å². The standard InChI is InChI=1S/C25H28N4O4/c1-17-5-7-19(8-6-17)25-28-27-23(33-25)11-12-24(31)32-16-22(30)26-21-10-9-20(15-18(21)2)29-13-3-4-14-29/h5-10,15H,3-4,11-14,16H2,1-2H3,(H,26,30). The Bertz CT molecular complexity index is 1120. The lowest BCUT2D eigenvalue weighted by Gasteiger charge is -2.19. The Morgan fingerprint density at radius 3 is 2.55 bits per heavy atom. The molecule has 1 saturated heterocycles. The summed E-state index contributed by atoms with van der Waals surface area (Å²) >= 11 is 0. The van der Waals surface area contributed by atoms with Gasteiger partial charge in [0.05, 0.1) is 6.42 Å². The monoisotopic (exact) mass is 448 g/mol. The maximum absolute atomic E-state index is 12.2. The third kappa shape index (κ3) is 5.97. The van der Waals surface area contributed by atoms with Crippen LogP contribution < -0.4 is 10.2 Å². The Balaban J connectivity index is 1.21. The molecular weight excluding hydrogens is 420 g/mol. The van der Waals surface area contributed by atoms with E-state index in [0.29, 0.717) is 17.5 Å². The van der Waals surface area contributed by atoms with Gasteiger partial charge in [-0.2, -0.15) is 0 Å². The third-order valence-electron chi connectivity index (χ3n) is 5.63. The van der Waals surface area contributed by atoms with Crippen LogP contribution >= 0.6 is 0 Å². The fourth-order valence-electron chi connectivity index (χ4n) is 3.74. The molecule has 0 bridgehead atoms. The second kappa shape index (κ2) is 10.3. The third-order valence-corrected chi connectivity index (χ3v) is 5.63. The quantitative estimate of drug-likeness (QED) is 0.519. The number of nitrogens with zero attached hydrogens (tertiary/aromatic N) is 3. The smallest absolute Gasteiger partial charge is 0.306 e. The van der Waals surface area contributed by atoms with Gasteiger partial charge >= 0.3 is 5.97 Å². The Hall–Kier alpha value is -3.68. The Labute approximate surface area is 193 Å². The molecule has 2 aromatic carbocycles. The predicted molar refractivity (Wildman–Crippen MR) is 125 cm³/mol. The summed E-state index contributed by atoms with van der Waals surface area (Å²) in [6, 6.07) is 13.7. The van der Waals surface area contributed by atoms with Gasteiger partial charge in [0.15, 0.2) is 6.61 Å². The molecule has 0 spiro atoms. The molecule has 1 N–H and O–H groups in total. The molecule has 1 fully saturated rings. The molecule has 33 heavy (non-hydrogen) atoms. The Morgan fingerprint density at radius 1 is 1.06 bits per heavy atom. The summed E-state index contributed by atoms with van der Waals surface area (Å²) in [6.07, 6.45) is 2.72. The number of carbonyl (C=O) groups is 2. The topological polar surface area (TPSA) is 97.6 Å². The highest BCUT2D eigenvalue weighted by Crippen LogP contribution is 2.25. The number of carbonyl (C=O) groups excluding carboxylic acids is 2. The van der Waals surface area contributed by atoms with Crippen molar-refractivity contribution in [2.45, 2.75) is 39.5 Å². The molecule has 3 aromatic rings. The van der Waals surface area contributed by atoms with E-state index in [1.165, 1.54) is 18.5 Å². The van der Waals surface area contributed by atoms with E-state index in [-0.39, 0.29) is 25.4 Å². The second-order valence-corrected chi connectivity index (χ2v) is 8.27. The number of amides is 1. The first-order valence-electron chi connectivity index (χ1n) is 11.2. The zero-order chi connectivity index (χ0) is 23.2. The largest absolute Gasteiger partial charge is 0.456 e. The normalized spacial score (nSPS) is 13.2. The van der Waals surface area contributed by atoms with E-state index >= 15 is 0 Å². The zero-order valence-electron chi connectivity index (χ0n) is 19.0. The number of aryl methyl sites for hydroxylation is 3. The van der Waals surface area contributed by atoms with E-state index in [0.717, 1.165) is 29.8 Å². The van der Waals surface area contributed by atoms with Crippen molar-refractivity contribution in [3.8, 4) is 11.5 Å². The fraction of sp³-hybridized carbons (Fsp3) is 0.360. The van der Waals surface area contributed by atoms with Gasteiger partial charge < -0.3 is 19.4 Å². The van der Waals surface area contributed by atoms with Crippen LogP contribution in [0.25, 0.3) is 11.5 Å².